The van der Waals surface area contributed by atoms with Crippen LogP contribution in [0.3, 0.4) is 0 Å². The number of hydroxylamine groups is 2. The quantitative estimate of drug-likeness (QED) is 0.545. The number of carbonyl (C=O) groups is 3. The van der Waals surface area contributed by atoms with E-state index in [-0.39, 0.29) is 37.0 Å². The van der Waals surface area contributed by atoms with Gasteiger partial charge in [0.25, 0.3) is 11.8 Å². The number of nitrogens with zero attached hydrogens (tertiary/aromatic N) is 1. The van der Waals surface area contributed by atoms with E-state index in [9.17, 15) is 14.4 Å². The fourth-order valence-electron chi connectivity index (χ4n) is 0.855. The highest BCUT2D eigenvalue weighted by Crippen LogP contribution is 2.11. The zero-order valence-electron chi connectivity index (χ0n) is 6.70. The average molecular weight is 171 g/mol. The number of hydrogen-bond acceptors (Lipinski definition) is 4. The van der Waals surface area contributed by atoms with E-state index in [1.165, 1.54) is 6.92 Å². The van der Waals surface area contributed by atoms with Crippen LogP contribution in [0.5, 0.6) is 0 Å². The molecule has 0 aliphatic carbocycles. The topological polar surface area (TPSA) is 63.7 Å². The summed E-state index contributed by atoms with van der Waals surface area (Å²) in [5.41, 5.74) is 0. The fourth-order valence-corrected chi connectivity index (χ4v) is 0.855. The molecule has 0 atom stereocenters. The Morgan fingerprint density at radius 1 is 1.42 bits per heavy atom. The molecule has 0 aromatic carbocycles. The van der Waals surface area contributed by atoms with Gasteiger partial charge in [-0.15, -0.1) is 0 Å². The minimum absolute atomic E-state index is 0.177. The zero-order chi connectivity index (χ0) is 9.14. The average Bonchev–Trinajstić information content (AvgIpc) is 2.28. The molecule has 1 aliphatic heterocycles. The smallest absolute Gasteiger partial charge is 0.254 e. The molecule has 66 valence electrons. The molecule has 12 heavy (non-hydrogen) atoms. The highest BCUT2D eigenvalue weighted by molar-refractivity contribution is 6.00. The molecular weight excluding hydrogens is 162 g/mol. The van der Waals surface area contributed by atoms with Gasteiger partial charge in [0.05, 0.1) is 0 Å². The van der Waals surface area contributed by atoms with E-state index in [4.69, 9.17) is 0 Å². The van der Waals surface area contributed by atoms with Gasteiger partial charge in [0.1, 0.15) is 6.61 Å². The summed E-state index contributed by atoms with van der Waals surface area (Å²) in [7, 11) is 0. The van der Waals surface area contributed by atoms with E-state index in [0.717, 1.165) is 0 Å². The maximum absolute atomic E-state index is 10.9. The Kier molecular flexibility index (Phi) is 2.54. The first-order chi connectivity index (χ1) is 5.61. The first-order valence-electron chi connectivity index (χ1n) is 3.59. The van der Waals surface area contributed by atoms with Crippen LogP contribution in [0.25, 0.3) is 0 Å². The van der Waals surface area contributed by atoms with Crippen LogP contribution in [0.4, 0.5) is 0 Å². The van der Waals surface area contributed by atoms with E-state index in [0.29, 0.717) is 5.06 Å². The summed E-state index contributed by atoms with van der Waals surface area (Å²) in [6.07, 6.45) is 0.355. The van der Waals surface area contributed by atoms with Crippen molar-refractivity contribution in [3.8, 4) is 0 Å². The first-order valence-corrected chi connectivity index (χ1v) is 3.59. The molecule has 1 rings (SSSR count). The lowest BCUT2D eigenvalue weighted by Crippen LogP contribution is -2.31. The predicted molar refractivity (Wildman–Crippen MR) is 37.7 cm³/mol. The number of hydrogen-bond donors (Lipinski definition) is 0. The number of imide groups is 1. The van der Waals surface area contributed by atoms with Crippen molar-refractivity contribution in [1.82, 2.24) is 5.06 Å². The minimum atomic E-state index is -0.374. The van der Waals surface area contributed by atoms with E-state index in [1.54, 1.807) is 0 Å². The molecular formula is C7H9NO4. The van der Waals surface area contributed by atoms with Gasteiger partial charge in [-0.05, 0) is 6.92 Å². The number of rotatable bonds is 3. The molecule has 1 heterocycles. The third-order valence-corrected chi connectivity index (χ3v) is 1.40. The second kappa shape index (κ2) is 3.44. The van der Waals surface area contributed by atoms with Gasteiger partial charge in [0.2, 0.25) is 0 Å². The van der Waals surface area contributed by atoms with Gasteiger partial charge >= 0.3 is 0 Å². The third kappa shape index (κ3) is 1.88. The van der Waals surface area contributed by atoms with Crippen LogP contribution in [0, 0.1) is 0 Å². The molecule has 0 aromatic heterocycles. The number of amides is 2. The SMILES string of the molecule is CC(=O)CON1C(=O)CCC1=O. The van der Waals surface area contributed by atoms with Crippen molar-refractivity contribution in [1.29, 1.82) is 0 Å². The number of carbonyl (C=O) groups excluding carboxylic acids is 3. The largest absolute Gasteiger partial charge is 0.297 e. The highest BCUT2D eigenvalue weighted by Gasteiger charge is 2.30. The second-order valence-electron chi connectivity index (χ2n) is 2.56. The number of ketones is 1. The van der Waals surface area contributed by atoms with Gasteiger partial charge in [-0.2, -0.15) is 5.06 Å². The molecule has 0 saturated carbocycles. The normalized spacial score (nSPS) is 17.2. The lowest BCUT2D eigenvalue weighted by Gasteiger charge is -2.10. The Morgan fingerprint density at radius 2 is 1.92 bits per heavy atom. The lowest BCUT2D eigenvalue weighted by molar-refractivity contribution is -0.187. The Morgan fingerprint density at radius 3 is 2.33 bits per heavy atom. The minimum Gasteiger partial charge on any atom is -0.297 e. The summed E-state index contributed by atoms with van der Waals surface area (Å²) in [6.45, 7) is 1.10. The van der Waals surface area contributed by atoms with Crippen molar-refractivity contribution in [2.24, 2.45) is 0 Å². The van der Waals surface area contributed by atoms with Gasteiger partial charge in [-0.3, -0.25) is 19.2 Å². The monoisotopic (exact) mass is 171 g/mol. The van der Waals surface area contributed by atoms with Gasteiger partial charge in [0, 0.05) is 12.8 Å². The van der Waals surface area contributed by atoms with Gasteiger partial charge < -0.3 is 0 Å². The van der Waals surface area contributed by atoms with Gasteiger partial charge in [0.15, 0.2) is 5.78 Å². The van der Waals surface area contributed by atoms with Crippen molar-refractivity contribution in [2.45, 2.75) is 19.8 Å². The third-order valence-electron chi connectivity index (χ3n) is 1.40. The van der Waals surface area contributed by atoms with Crippen LogP contribution in [0.1, 0.15) is 19.8 Å². The molecule has 5 heteroatoms. The van der Waals surface area contributed by atoms with E-state index < -0.39 is 0 Å². The van der Waals surface area contributed by atoms with Crippen molar-refractivity contribution >= 4 is 17.6 Å². The Bertz CT molecular complexity index is 220. The maximum atomic E-state index is 10.9. The first kappa shape index (κ1) is 8.86. The van der Waals surface area contributed by atoms with E-state index in [2.05, 4.69) is 4.84 Å². The Labute approximate surface area is 69.2 Å². The summed E-state index contributed by atoms with van der Waals surface area (Å²) in [4.78, 5) is 36.8. The summed E-state index contributed by atoms with van der Waals surface area (Å²) in [5, 5.41) is 0.668. The molecule has 0 aromatic rings. The number of Topliss-reactive ketones (excluding diaryl/α,β-unsaturated/α-hetero) is 1. The Balaban J connectivity index is 2.45. The second-order valence-corrected chi connectivity index (χ2v) is 2.56. The summed E-state index contributed by atoms with van der Waals surface area (Å²) >= 11 is 0. The van der Waals surface area contributed by atoms with Crippen LogP contribution >= 0.6 is 0 Å². The van der Waals surface area contributed by atoms with Gasteiger partial charge in [-0.1, -0.05) is 0 Å². The van der Waals surface area contributed by atoms with Crippen molar-refractivity contribution < 1.29 is 19.2 Å². The summed E-state index contributed by atoms with van der Waals surface area (Å²) in [5.74, 6) is -0.968. The molecule has 0 bridgehead atoms. The van der Waals surface area contributed by atoms with Crippen LogP contribution in [-0.4, -0.2) is 29.3 Å². The molecule has 0 radical (unpaired) electrons. The predicted octanol–water partition coefficient (Wildman–Crippen LogP) is -0.344. The van der Waals surface area contributed by atoms with Crippen molar-refractivity contribution in [3.63, 3.8) is 0 Å². The highest BCUT2D eigenvalue weighted by atomic mass is 16.7. The molecule has 0 spiro atoms. The maximum Gasteiger partial charge on any atom is 0.254 e. The van der Waals surface area contributed by atoms with Gasteiger partial charge in [-0.25, -0.2) is 0 Å². The molecule has 1 aliphatic rings. The van der Waals surface area contributed by atoms with Crippen molar-refractivity contribution in [2.75, 3.05) is 6.61 Å². The molecule has 1 saturated heterocycles. The van der Waals surface area contributed by atoms with Crippen LogP contribution in [0.2, 0.25) is 0 Å². The molecule has 0 unspecified atom stereocenters. The molecule has 2 amide bonds. The molecule has 0 N–H and O–H groups in total. The van der Waals surface area contributed by atoms with Crippen LogP contribution < -0.4 is 0 Å². The standard InChI is InChI=1S/C7H9NO4/c1-5(9)4-12-8-6(10)2-3-7(8)11/h2-4H2,1H3. The molecule has 1 fully saturated rings. The van der Waals surface area contributed by atoms with Crippen LogP contribution in [0.15, 0.2) is 0 Å². The summed E-state index contributed by atoms with van der Waals surface area (Å²) < 4.78 is 0. The van der Waals surface area contributed by atoms with E-state index >= 15 is 0 Å². The fraction of sp³-hybridized carbons (Fsp3) is 0.571. The van der Waals surface area contributed by atoms with E-state index in [1.807, 2.05) is 0 Å². The van der Waals surface area contributed by atoms with Crippen molar-refractivity contribution in [3.05, 3.63) is 0 Å². The molecule has 5 nitrogen and oxygen atoms in total. The Hall–Kier alpha value is -1.23. The summed E-state index contributed by atoms with van der Waals surface area (Å²) in [6, 6.07) is 0. The lowest BCUT2D eigenvalue weighted by atomic mass is 10.4. The zero-order valence-corrected chi connectivity index (χ0v) is 6.70. The van der Waals surface area contributed by atoms with Crippen LogP contribution in [-0.2, 0) is 19.2 Å².